The third-order valence-corrected chi connectivity index (χ3v) is 6.63. The Morgan fingerprint density at radius 2 is 1.74 bits per heavy atom. The van der Waals surface area contributed by atoms with Gasteiger partial charge in [-0.15, -0.1) is 0 Å². The summed E-state index contributed by atoms with van der Waals surface area (Å²) in [5.74, 6) is -0.891. The van der Waals surface area contributed by atoms with Crippen molar-refractivity contribution in [3.63, 3.8) is 0 Å². The van der Waals surface area contributed by atoms with Crippen LogP contribution in [0.4, 0.5) is 0 Å². The smallest absolute Gasteiger partial charge is 0.295 e. The second-order valence-corrected chi connectivity index (χ2v) is 9.71. The molecule has 3 aromatic carbocycles. The van der Waals surface area contributed by atoms with Crippen LogP contribution in [0.2, 0.25) is 0 Å². The highest BCUT2D eigenvalue weighted by Crippen LogP contribution is 2.42. The first-order valence-corrected chi connectivity index (χ1v) is 12.9. The van der Waals surface area contributed by atoms with E-state index in [0.717, 1.165) is 5.56 Å². The largest absolute Gasteiger partial charge is 0.507 e. The molecule has 2 N–H and O–H groups in total. The van der Waals surface area contributed by atoms with Gasteiger partial charge in [0.2, 0.25) is 0 Å². The minimum atomic E-state index is -0.849. The predicted octanol–water partition coefficient (Wildman–Crippen LogP) is 4.66. The molecule has 8 nitrogen and oxygen atoms in total. The molecule has 0 aliphatic carbocycles. The summed E-state index contributed by atoms with van der Waals surface area (Å²) in [4.78, 5) is 29.9. The van der Waals surface area contributed by atoms with Gasteiger partial charge in [0.1, 0.15) is 18.1 Å². The maximum Gasteiger partial charge on any atom is 0.295 e. The van der Waals surface area contributed by atoms with E-state index >= 15 is 0 Å². The first kappa shape index (κ1) is 27.7. The highest BCUT2D eigenvalue weighted by Gasteiger charge is 2.46. The van der Waals surface area contributed by atoms with Gasteiger partial charge in [0, 0.05) is 18.7 Å². The van der Waals surface area contributed by atoms with Gasteiger partial charge in [-0.2, -0.15) is 0 Å². The van der Waals surface area contributed by atoms with E-state index in [4.69, 9.17) is 9.47 Å². The van der Waals surface area contributed by atoms with Crippen LogP contribution >= 0.6 is 0 Å². The van der Waals surface area contributed by atoms with Gasteiger partial charge in [0.15, 0.2) is 11.5 Å². The number of benzene rings is 3. The lowest BCUT2D eigenvalue weighted by atomic mass is 9.93. The molecule has 1 aliphatic heterocycles. The molecule has 0 radical (unpaired) electrons. The lowest BCUT2D eigenvalue weighted by Crippen LogP contribution is -2.35. The number of aliphatic hydroxyl groups excluding tert-OH is 1. The predicted molar refractivity (Wildman–Crippen MR) is 149 cm³/mol. The molecule has 1 aliphatic rings. The van der Waals surface area contributed by atoms with Crippen LogP contribution in [0.3, 0.4) is 0 Å². The quantitative estimate of drug-likeness (QED) is 0.223. The fourth-order valence-corrected chi connectivity index (χ4v) is 4.61. The van der Waals surface area contributed by atoms with Crippen molar-refractivity contribution in [2.45, 2.75) is 26.5 Å². The molecule has 1 atom stereocenters. The molecule has 1 saturated heterocycles. The van der Waals surface area contributed by atoms with Crippen LogP contribution < -0.4 is 9.47 Å². The number of phenolic OH excluding ortho intramolecular Hbond substituents is 1. The topological polar surface area (TPSA) is 99.5 Å². The summed E-state index contributed by atoms with van der Waals surface area (Å²) in [6.45, 7) is 5.13. The lowest BCUT2D eigenvalue weighted by molar-refractivity contribution is -0.140. The van der Waals surface area contributed by atoms with E-state index in [-0.39, 0.29) is 29.4 Å². The van der Waals surface area contributed by atoms with Crippen molar-refractivity contribution in [3.8, 4) is 17.2 Å². The second-order valence-electron chi connectivity index (χ2n) is 9.71. The van der Waals surface area contributed by atoms with Gasteiger partial charge in [-0.1, -0.05) is 36.4 Å². The van der Waals surface area contributed by atoms with E-state index < -0.39 is 17.7 Å². The highest BCUT2D eigenvalue weighted by molar-refractivity contribution is 6.46. The zero-order chi connectivity index (χ0) is 28.1. The number of aromatic hydroxyl groups is 1. The number of aliphatic hydroxyl groups is 1. The number of Topliss-reactive ketones (excluding diaryl/α,β-unsaturated/α-hetero) is 1. The second kappa shape index (κ2) is 12.0. The van der Waals surface area contributed by atoms with Crippen molar-refractivity contribution in [3.05, 3.63) is 94.6 Å². The summed E-state index contributed by atoms with van der Waals surface area (Å²) in [6.07, 6.45) is 0. The van der Waals surface area contributed by atoms with Gasteiger partial charge in [-0.3, -0.25) is 9.59 Å². The molecule has 0 aromatic heterocycles. The normalized spacial score (nSPS) is 16.6. The van der Waals surface area contributed by atoms with E-state index in [1.54, 1.807) is 37.3 Å². The molecule has 0 spiro atoms. The Bertz CT molecular complexity index is 1380. The molecule has 1 heterocycles. The van der Waals surface area contributed by atoms with Crippen molar-refractivity contribution >= 4 is 17.4 Å². The molecule has 0 bridgehead atoms. The van der Waals surface area contributed by atoms with Gasteiger partial charge < -0.3 is 29.5 Å². The number of hydrogen-bond donors (Lipinski definition) is 2. The molecule has 3 aromatic rings. The summed E-state index contributed by atoms with van der Waals surface area (Å²) < 4.78 is 11.5. The van der Waals surface area contributed by atoms with E-state index in [0.29, 0.717) is 42.2 Å². The van der Waals surface area contributed by atoms with E-state index in [1.807, 2.05) is 56.3 Å². The van der Waals surface area contributed by atoms with Crippen molar-refractivity contribution in [1.82, 2.24) is 9.80 Å². The minimum absolute atomic E-state index is 0.00653. The Labute approximate surface area is 228 Å². The van der Waals surface area contributed by atoms with Crippen molar-refractivity contribution in [2.75, 3.05) is 33.8 Å². The number of ketones is 1. The molecular weight excluding hydrogens is 496 g/mol. The van der Waals surface area contributed by atoms with Gasteiger partial charge >= 0.3 is 0 Å². The highest BCUT2D eigenvalue weighted by atomic mass is 16.5. The van der Waals surface area contributed by atoms with Gasteiger partial charge in [-0.05, 0) is 75.0 Å². The van der Waals surface area contributed by atoms with Crippen LogP contribution in [0.25, 0.3) is 5.76 Å². The zero-order valence-electron chi connectivity index (χ0n) is 22.7. The fourth-order valence-electron chi connectivity index (χ4n) is 4.61. The number of amides is 1. The van der Waals surface area contributed by atoms with Crippen LogP contribution in [0.5, 0.6) is 17.2 Å². The van der Waals surface area contributed by atoms with Crippen LogP contribution in [-0.2, 0) is 16.2 Å². The molecule has 39 heavy (non-hydrogen) atoms. The fraction of sp³-hybridized carbons (Fsp3) is 0.290. The van der Waals surface area contributed by atoms with Gasteiger partial charge in [-0.25, -0.2) is 0 Å². The first-order chi connectivity index (χ1) is 18.7. The van der Waals surface area contributed by atoms with Crippen LogP contribution in [0.1, 0.15) is 35.2 Å². The SMILES string of the molecule is CCOc1cc([C@@H]2C(=C(O)c3ccc(OCc4ccccc4)cc3C)C(=O)C(=O)N2CCN(C)C)ccc1O. The Morgan fingerprint density at radius 3 is 2.41 bits per heavy atom. The number of carbonyl (C=O) groups excluding carboxylic acids is 2. The van der Waals surface area contributed by atoms with Crippen LogP contribution in [0.15, 0.2) is 72.3 Å². The van der Waals surface area contributed by atoms with Crippen molar-refractivity contribution in [1.29, 1.82) is 0 Å². The molecule has 0 unspecified atom stereocenters. The van der Waals surface area contributed by atoms with Crippen LogP contribution in [-0.4, -0.2) is 65.5 Å². The lowest BCUT2D eigenvalue weighted by Gasteiger charge is -2.27. The first-order valence-electron chi connectivity index (χ1n) is 12.9. The summed E-state index contributed by atoms with van der Waals surface area (Å²) in [7, 11) is 3.76. The number of phenols is 1. The van der Waals surface area contributed by atoms with Crippen molar-refractivity contribution in [2.24, 2.45) is 0 Å². The average Bonchev–Trinajstić information content (AvgIpc) is 3.17. The number of carbonyl (C=O) groups is 2. The molecule has 4 rings (SSSR count). The number of hydrogen-bond acceptors (Lipinski definition) is 7. The number of rotatable bonds is 10. The average molecular weight is 531 g/mol. The monoisotopic (exact) mass is 530 g/mol. The summed E-state index contributed by atoms with van der Waals surface area (Å²) in [5, 5.41) is 21.7. The summed E-state index contributed by atoms with van der Waals surface area (Å²) in [6, 6.07) is 18.9. The summed E-state index contributed by atoms with van der Waals surface area (Å²) in [5.41, 5.74) is 2.70. The van der Waals surface area contributed by atoms with Gasteiger partial charge in [0.25, 0.3) is 11.7 Å². The molecular formula is C31H34N2O6. The summed E-state index contributed by atoms with van der Waals surface area (Å²) >= 11 is 0. The van der Waals surface area contributed by atoms with E-state index in [9.17, 15) is 19.8 Å². The Kier molecular flexibility index (Phi) is 8.56. The Morgan fingerprint density at radius 1 is 1.00 bits per heavy atom. The molecule has 0 saturated carbocycles. The number of ether oxygens (including phenoxy) is 2. The number of likely N-dealkylation sites (tertiary alicyclic amines) is 1. The third-order valence-electron chi connectivity index (χ3n) is 6.63. The minimum Gasteiger partial charge on any atom is -0.507 e. The van der Waals surface area contributed by atoms with E-state index in [2.05, 4.69) is 0 Å². The molecule has 1 fully saturated rings. The zero-order valence-corrected chi connectivity index (χ0v) is 22.7. The standard InChI is InChI=1S/C31H34N2O6/c1-5-38-26-18-22(11-14-25(26)34)28-27(30(36)31(37)33(28)16-15-32(3)4)29(35)24-13-12-23(17-20(24)2)39-19-21-9-7-6-8-10-21/h6-14,17-18,28,34-35H,5,15-16,19H2,1-4H3/t28-/m1/s1. The Balaban J connectivity index is 1.74. The number of aryl methyl sites for hydroxylation is 1. The number of nitrogens with zero attached hydrogens (tertiary/aromatic N) is 2. The van der Waals surface area contributed by atoms with Gasteiger partial charge in [0.05, 0.1) is 18.2 Å². The maximum absolute atomic E-state index is 13.3. The third kappa shape index (κ3) is 6.07. The molecule has 1 amide bonds. The molecule has 204 valence electrons. The van der Waals surface area contributed by atoms with E-state index in [1.165, 1.54) is 11.0 Å². The number of likely N-dealkylation sites (N-methyl/N-ethyl adjacent to an activating group) is 1. The van der Waals surface area contributed by atoms with Crippen molar-refractivity contribution < 1.29 is 29.3 Å². The maximum atomic E-state index is 13.3. The Hall–Kier alpha value is -4.30. The van der Waals surface area contributed by atoms with Crippen LogP contribution in [0, 0.1) is 6.92 Å². The molecule has 8 heteroatoms.